The minimum Gasteiger partial charge on any atom is -0.452 e. The Morgan fingerprint density at radius 2 is 1.76 bits per heavy atom. The molecule has 140 valence electrons. The van der Waals surface area contributed by atoms with Crippen LogP contribution in [0.4, 0.5) is 0 Å². The molecule has 0 spiro atoms. The third-order valence-electron chi connectivity index (χ3n) is 4.21. The fourth-order valence-electron chi connectivity index (χ4n) is 2.86. The number of para-hydroxylation sites is 1. The highest BCUT2D eigenvalue weighted by atomic mass is 35.5. The van der Waals surface area contributed by atoms with E-state index in [-0.39, 0.29) is 42.9 Å². The van der Waals surface area contributed by atoms with E-state index in [2.05, 4.69) is 33.0 Å². The molecule has 0 bridgehead atoms. The molecule has 1 aliphatic heterocycles. The normalized spacial score (nSPS) is 16.6. The van der Waals surface area contributed by atoms with Crippen molar-refractivity contribution in [3.63, 3.8) is 0 Å². The van der Waals surface area contributed by atoms with E-state index in [1.807, 2.05) is 18.2 Å². The number of nitrogens with one attached hydrogen (secondary N) is 1. The predicted octanol–water partition coefficient (Wildman–Crippen LogP) is 3.56. The molecule has 1 atom stereocenters. The van der Waals surface area contributed by atoms with Gasteiger partial charge in [0.1, 0.15) is 11.8 Å². The van der Waals surface area contributed by atoms with Crippen molar-refractivity contribution in [2.45, 2.75) is 58.4 Å². The topological polar surface area (TPSA) is 64.6 Å². The van der Waals surface area contributed by atoms with Crippen LogP contribution in [0.25, 0.3) is 0 Å². The monoisotopic (exact) mass is 369 g/mol. The summed E-state index contributed by atoms with van der Waals surface area (Å²) in [6, 6.07) is 5.61. The lowest BCUT2D eigenvalue weighted by Gasteiger charge is -2.19. The predicted molar refractivity (Wildman–Crippen MR) is 99.5 cm³/mol. The van der Waals surface area contributed by atoms with E-state index in [1.165, 1.54) is 0 Å². The van der Waals surface area contributed by atoms with Crippen LogP contribution in [0.15, 0.2) is 18.2 Å². The third kappa shape index (κ3) is 5.72. The van der Waals surface area contributed by atoms with Crippen molar-refractivity contribution in [1.29, 1.82) is 0 Å². The minimum atomic E-state index is -0.545. The lowest BCUT2D eigenvalue weighted by atomic mass is 9.94. The zero-order valence-electron chi connectivity index (χ0n) is 15.3. The van der Waals surface area contributed by atoms with E-state index < -0.39 is 5.97 Å². The number of ether oxygens (including phenoxy) is 2. The largest absolute Gasteiger partial charge is 0.452 e. The Hall–Kier alpha value is -1.59. The molecule has 1 saturated heterocycles. The van der Waals surface area contributed by atoms with E-state index in [0.717, 1.165) is 30.5 Å². The molecule has 1 aromatic rings. The Balaban J connectivity index is 0.00000312. The van der Waals surface area contributed by atoms with Crippen molar-refractivity contribution < 1.29 is 19.1 Å². The van der Waals surface area contributed by atoms with Gasteiger partial charge in [-0.25, -0.2) is 4.79 Å². The van der Waals surface area contributed by atoms with Crippen LogP contribution in [0.1, 0.15) is 63.5 Å². The van der Waals surface area contributed by atoms with Gasteiger partial charge in [-0.15, -0.1) is 12.4 Å². The number of rotatable bonds is 6. The summed E-state index contributed by atoms with van der Waals surface area (Å²) in [5, 5.41) is 3.05. The smallest absolute Gasteiger partial charge is 0.349 e. The van der Waals surface area contributed by atoms with Crippen LogP contribution in [0.2, 0.25) is 0 Å². The summed E-state index contributed by atoms with van der Waals surface area (Å²) in [6.45, 7) is 8.68. The van der Waals surface area contributed by atoms with Crippen molar-refractivity contribution in [2.75, 3.05) is 13.2 Å². The maximum Gasteiger partial charge on any atom is 0.349 e. The molecule has 6 heteroatoms. The zero-order valence-corrected chi connectivity index (χ0v) is 16.2. The first kappa shape index (κ1) is 21.5. The van der Waals surface area contributed by atoms with Crippen molar-refractivity contribution >= 4 is 24.3 Å². The molecule has 0 amide bonds. The number of hydrogen-bond acceptors (Lipinski definition) is 5. The van der Waals surface area contributed by atoms with Gasteiger partial charge in [-0.1, -0.05) is 45.9 Å². The van der Waals surface area contributed by atoms with Crippen molar-refractivity contribution in [1.82, 2.24) is 5.32 Å². The van der Waals surface area contributed by atoms with Crippen LogP contribution in [0.5, 0.6) is 5.75 Å². The summed E-state index contributed by atoms with van der Waals surface area (Å²) in [6.07, 6.45) is 1.70. The molecule has 1 unspecified atom stereocenters. The third-order valence-corrected chi connectivity index (χ3v) is 4.21. The molecule has 2 rings (SSSR count). The second-order valence-electron chi connectivity index (χ2n) is 6.81. The lowest BCUT2D eigenvalue weighted by Crippen LogP contribution is -2.34. The van der Waals surface area contributed by atoms with E-state index in [1.54, 1.807) is 0 Å². The number of halogens is 1. The Morgan fingerprint density at radius 1 is 1.16 bits per heavy atom. The SMILES string of the molecule is CC(C)c1cccc(C(C)C)c1OC(=O)COC(=O)C1CCCN1.Cl. The van der Waals surface area contributed by atoms with Gasteiger partial charge in [0.15, 0.2) is 6.61 Å². The Kier molecular flexibility index (Phi) is 8.39. The molecular formula is C19H28ClNO4. The van der Waals surface area contributed by atoms with Gasteiger partial charge >= 0.3 is 11.9 Å². The molecule has 0 saturated carbocycles. The highest BCUT2D eigenvalue weighted by Gasteiger charge is 2.25. The first-order valence-electron chi connectivity index (χ1n) is 8.63. The first-order valence-corrected chi connectivity index (χ1v) is 8.63. The molecule has 1 heterocycles. The fourth-order valence-corrected chi connectivity index (χ4v) is 2.86. The van der Waals surface area contributed by atoms with E-state index in [9.17, 15) is 9.59 Å². The molecule has 1 N–H and O–H groups in total. The Labute approximate surface area is 155 Å². The molecule has 1 aromatic carbocycles. The molecule has 0 aromatic heterocycles. The van der Waals surface area contributed by atoms with Gasteiger partial charge in [0, 0.05) is 0 Å². The molecule has 25 heavy (non-hydrogen) atoms. The number of carbonyl (C=O) groups is 2. The maximum absolute atomic E-state index is 12.2. The molecule has 0 aliphatic carbocycles. The Bertz CT molecular complexity index is 569. The summed E-state index contributed by atoms with van der Waals surface area (Å²) >= 11 is 0. The average Bonchev–Trinajstić information content (AvgIpc) is 3.06. The van der Waals surface area contributed by atoms with Crippen LogP contribution in [-0.4, -0.2) is 31.1 Å². The number of benzene rings is 1. The van der Waals surface area contributed by atoms with Crippen molar-refractivity contribution in [3.8, 4) is 5.75 Å². The van der Waals surface area contributed by atoms with Gasteiger partial charge in [0.05, 0.1) is 0 Å². The summed E-state index contributed by atoms with van der Waals surface area (Å²) < 4.78 is 10.7. The summed E-state index contributed by atoms with van der Waals surface area (Å²) in [4.78, 5) is 24.0. The van der Waals surface area contributed by atoms with Crippen LogP contribution in [0, 0.1) is 0 Å². The molecule has 5 nitrogen and oxygen atoms in total. The molecular weight excluding hydrogens is 342 g/mol. The van der Waals surface area contributed by atoms with E-state index in [4.69, 9.17) is 9.47 Å². The summed E-state index contributed by atoms with van der Waals surface area (Å²) in [5.74, 6) is 0.137. The maximum atomic E-state index is 12.2. The lowest BCUT2D eigenvalue weighted by molar-refractivity contribution is -0.155. The number of carbonyl (C=O) groups excluding carboxylic acids is 2. The Morgan fingerprint density at radius 3 is 2.24 bits per heavy atom. The second kappa shape index (κ2) is 9.78. The molecule has 0 radical (unpaired) electrons. The van der Waals surface area contributed by atoms with Gasteiger partial charge in [0.25, 0.3) is 0 Å². The van der Waals surface area contributed by atoms with Crippen molar-refractivity contribution in [2.24, 2.45) is 0 Å². The average molecular weight is 370 g/mol. The molecule has 1 aliphatic rings. The van der Waals surface area contributed by atoms with Gasteiger partial charge in [0.2, 0.25) is 0 Å². The van der Waals surface area contributed by atoms with Gasteiger partial charge < -0.3 is 14.8 Å². The van der Waals surface area contributed by atoms with Crippen LogP contribution >= 0.6 is 12.4 Å². The van der Waals surface area contributed by atoms with Crippen LogP contribution in [-0.2, 0) is 14.3 Å². The van der Waals surface area contributed by atoms with Gasteiger partial charge in [-0.3, -0.25) is 4.79 Å². The van der Waals surface area contributed by atoms with Crippen molar-refractivity contribution in [3.05, 3.63) is 29.3 Å². The van der Waals surface area contributed by atoms with E-state index in [0.29, 0.717) is 5.75 Å². The zero-order chi connectivity index (χ0) is 17.7. The van der Waals surface area contributed by atoms with E-state index >= 15 is 0 Å². The molecule has 1 fully saturated rings. The highest BCUT2D eigenvalue weighted by Crippen LogP contribution is 2.34. The quantitative estimate of drug-likeness (QED) is 0.613. The fraction of sp³-hybridized carbons (Fsp3) is 0.579. The first-order chi connectivity index (χ1) is 11.4. The highest BCUT2D eigenvalue weighted by molar-refractivity contribution is 5.85. The number of esters is 2. The second-order valence-corrected chi connectivity index (χ2v) is 6.81. The number of hydrogen-bond donors (Lipinski definition) is 1. The summed E-state index contributed by atoms with van der Waals surface area (Å²) in [5.41, 5.74) is 1.97. The van der Waals surface area contributed by atoms with Crippen LogP contribution in [0.3, 0.4) is 0 Å². The van der Waals surface area contributed by atoms with Crippen LogP contribution < -0.4 is 10.1 Å². The summed E-state index contributed by atoms with van der Waals surface area (Å²) in [7, 11) is 0. The van der Waals surface area contributed by atoms with Gasteiger partial charge in [-0.2, -0.15) is 0 Å². The minimum absolute atomic E-state index is 0. The van der Waals surface area contributed by atoms with Gasteiger partial charge in [-0.05, 0) is 42.3 Å². The standard InChI is InChI=1S/C19H27NO4.ClH/c1-12(2)14-7-5-8-15(13(3)4)18(14)24-17(21)11-23-19(22)16-9-6-10-20-16;/h5,7-8,12-13,16,20H,6,9-11H2,1-4H3;1H.